The van der Waals surface area contributed by atoms with Gasteiger partial charge in [-0.25, -0.2) is 4.98 Å². The number of carbonyl (C=O) groups excluding carboxylic acids is 1. The minimum Gasteiger partial charge on any atom is -0.486 e. The van der Waals surface area contributed by atoms with Gasteiger partial charge in [0.2, 0.25) is 5.91 Å². The molecule has 1 aliphatic heterocycles. The average molecular weight is 341 g/mol. The van der Waals surface area contributed by atoms with E-state index < -0.39 is 0 Å². The van der Waals surface area contributed by atoms with Gasteiger partial charge in [0.1, 0.15) is 13.2 Å². The monoisotopic (exact) mass is 341 g/mol. The predicted octanol–water partition coefficient (Wildman–Crippen LogP) is 2.35. The first-order chi connectivity index (χ1) is 12.3. The van der Waals surface area contributed by atoms with Crippen LogP contribution in [-0.2, 0) is 11.3 Å². The molecule has 2 aliphatic rings. The van der Waals surface area contributed by atoms with Crippen molar-refractivity contribution in [2.75, 3.05) is 19.8 Å². The number of aromatic nitrogens is 2. The first kappa shape index (κ1) is 16.0. The third kappa shape index (κ3) is 3.78. The van der Waals surface area contributed by atoms with E-state index >= 15 is 0 Å². The van der Waals surface area contributed by atoms with Crippen molar-refractivity contribution < 1.29 is 14.3 Å². The molecular formula is C19H23N3O3. The van der Waals surface area contributed by atoms with Gasteiger partial charge in [0.15, 0.2) is 11.5 Å². The molecule has 0 spiro atoms. The molecule has 2 heterocycles. The van der Waals surface area contributed by atoms with Crippen LogP contribution in [0.5, 0.6) is 11.5 Å². The fourth-order valence-electron chi connectivity index (χ4n) is 3.32. The van der Waals surface area contributed by atoms with Crippen molar-refractivity contribution >= 4 is 5.91 Å². The summed E-state index contributed by atoms with van der Waals surface area (Å²) in [5.74, 6) is 2.17. The molecule has 2 aromatic rings. The van der Waals surface area contributed by atoms with Crippen LogP contribution in [0, 0.1) is 5.92 Å². The van der Waals surface area contributed by atoms with E-state index in [9.17, 15) is 4.79 Å². The Balaban J connectivity index is 1.20. The molecule has 132 valence electrons. The minimum absolute atomic E-state index is 0.0937. The Morgan fingerprint density at radius 1 is 1.24 bits per heavy atom. The van der Waals surface area contributed by atoms with Crippen LogP contribution >= 0.6 is 0 Å². The van der Waals surface area contributed by atoms with Crippen molar-refractivity contribution in [2.24, 2.45) is 5.92 Å². The number of hydrogen-bond acceptors (Lipinski definition) is 4. The van der Waals surface area contributed by atoms with Gasteiger partial charge in [-0.3, -0.25) is 4.79 Å². The Kier molecular flexibility index (Phi) is 4.59. The molecule has 1 saturated carbocycles. The topological polar surface area (TPSA) is 65.4 Å². The molecule has 2 atom stereocenters. The number of unbranched alkanes of at least 4 members (excludes halogenated alkanes) is 1. The van der Waals surface area contributed by atoms with E-state index in [0.717, 1.165) is 43.9 Å². The van der Waals surface area contributed by atoms with Crippen LogP contribution in [0.2, 0.25) is 0 Å². The number of benzene rings is 1. The van der Waals surface area contributed by atoms with E-state index in [1.165, 1.54) is 5.56 Å². The zero-order valence-corrected chi connectivity index (χ0v) is 14.2. The van der Waals surface area contributed by atoms with Crippen LogP contribution in [0.15, 0.2) is 36.9 Å². The van der Waals surface area contributed by atoms with Gasteiger partial charge in [-0.2, -0.15) is 0 Å². The molecule has 1 amide bonds. The van der Waals surface area contributed by atoms with Crippen molar-refractivity contribution in [3.63, 3.8) is 0 Å². The van der Waals surface area contributed by atoms with E-state index in [0.29, 0.717) is 19.1 Å². The lowest BCUT2D eigenvalue weighted by Crippen LogP contribution is -2.26. The van der Waals surface area contributed by atoms with Crippen molar-refractivity contribution in [1.29, 1.82) is 0 Å². The normalized spacial score (nSPS) is 21.0. The molecular weight excluding hydrogens is 318 g/mol. The molecule has 0 saturated heterocycles. The molecule has 0 bridgehead atoms. The summed E-state index contributed by atoms with van der Waals surface area (Å²) in [4.78, 5) is 16.3. The Labute approximate surface area is 147 Å². The van der Waals surface area contributed by atoms with Crippen molar-refractivity contribution in [2.45, 2.75) is 31.7 Å². The Morgan fingerprint density at radius 2 is 2.12 bits per heavy atom. The lowest BCUT2D eigenvalue weighted by molar-refractivity contribution is -0.122. The Morgan fingerprint density at radius 3 is 2.96 bits per heavy atom. The number of nitrogens with one attached hydrogen (secondary N) is 1. The number of amides is 1. The van der Waals surface area contributed by atoms with E-state index in [2.05, 4.69) is 20.9 Å². The Bertz CT molecular complexity index is 730. The third-order valence-electron chi connectivity index (χ3n) is 4.82. The van der Waals surface area contributed by atoms with Crippen LogP contribution < -0.4 is 14.8 Å². The average Bonchev–Trinajstić information content (AvgIpc) is 3.29. The first-order valence-electron chi connectivity index (χ1n) is 8.94. The number of nitrogens with zero attached hydrogens (tertiary/aromatic N) is 2. The largest absolute Gasteiger partial charge is 0.486 e. The second kappa shape index (κ2) is 7.17. The lowest BCUT2D eigenvalue weighted by Gasteiger charge is -2.18. The molecule has 1 aromatic heterocycles. The van der Waals surface area contributed by atoms with Gasteiger partial charge >= 0.3 is 0 Å². The maximum atomic E-state index is 12.3. The van der Waals surface area contributed by atoms with E-state index in [1.807, 2.05) is 24.7 Å². The van der Waals surface area contributed by atoms with Crippen LogP contribution in [0.4, 0.5) is 0 Å². The first-order valence-corrected chi connectivity index (χ1v) is 8.94. The smallest absolute Gasteiger partial charge is 0.223 e. The number of carbonyl (C=O) groups is 1. The molecule has 1 N–H and O–H groups in total. The summed E-state index contributed by atoms with van der Waals surface area (Å²) in [6.07, 6.45) is 8.49. The zero-order chi connectivity index (χ0) is 17.1. The number of fused-ring (bicyclic) bond motifs is 1. The number of rotatable bonds is 7. The second-order valence-corrected chi connectivity index (χ2v) is 6.65. The van der Waals surface area contributed by atoms with Gasteiger partial charge in [0.05, 0.1) is 6.33 Å². The lowest BCUT2D eigenvalue weighted by atomic mass is 10.1. The van der Waals surface area contributed by atoms with Crippen molar-refractivity contribution in [3.05, 3.63) is 42.5 Å². The van der Waals surface area contributed by atoms with Crippen LogP contribution in [0.1, 0.15) is 30.7 Å². The maximum Gasteiger partial charge on any atom is 0.223 e. The molecule has 1 aromatic carbocycles. The van der Waals surface area contributed by atoms with Gasteiger partial charge in [-0.1, -0.05) is 6.07 Å². The van der Waals surface area contributed by atoms with Gasteiger partial charge in [0, 0.05) is 31.4 Å². The summed E-state index contributed by atoms with van der Waals surface area (Å²) < 4.78 is 13.2. The van der Waals surface area contributed by atoms with Gasteiger partial charge in [-0.05, 0) is 42.9 Å². The van der Waals surface area contributed by atoms with Crippen molar-refractivity contribution in [3.8, 4) is 11.5 Å². The number of ether oxygens (including phenoxy) is 2. The molecule has 6 heteroatoms. The SMILES string of the molecule is O=C(NCCCCn1ccnc1)[C@@H]1C[C@H]1c1ccc2c(c1)OCCO2. The molecule has 25 heavy (non-hydrogen) atoms. The zero-order valence-electron chi connectivity index (χ0n) is 14.2. The number of aryl methyl sites for hydroxylation is 1. The molecule has 4 rings (SSSR count). The quantitative estimate of drug-likeness (QED) is 0.785. The minimum atomic E-state index is 0.0937. The standard InChI is InChI=1S/C19H23N3O3/c23-19(21-5-1-2-7-22-8-6-20-13-22)16-12-15(16)14-3-4-17-18(11-14)25-10-9-24-17/h3-4,6,8,11,13,15-16H,1-2,5,7,9-10,12H2,(H,21,23)/t15-,16+/m0/s1. The summed E-state index contributed by atoms with van der Waals surface area (Å²) in [5, 5.41) is 3.07. The highest BCUT2D eigenvalue weighted by Gasteiger charge is 2.44. The maximum absolute atomic E-state index is 12.3. The van der Waals surface area contributed by atoms with Gasteiger partial charge in [-0.15, -0.1) is 0 Å². The van der Waals surface area contributed by atoms with E-state index in [4.69, 9.17) is 9.47 Å². The van der Waals surface area contributed by atoms with Gasteiger partial charge in [0.25, 0.3) is 0 Å². The van der Waals surface area contributed by atoms with Crippen LogP contribution in [0.25, 0.3) is 0 Å². The summed E-state index contributed by atoms with van der Waals surface area (Å²) >= 11 is 0. The molecule has 0 unspecified atom stereocenters. The highest BCUT2D eigenvalue weighted by molar-refractivity contribution is 5.82. The van der Waals surface area contributed by atoms with Crippen LogP contribution in [0.3, 0.4) is 0 Å². The van der Waals surface area contributed by atoms with Crippen molar-refractivity contribution in [1.82, 2.24) is 14.9 Å². The fourth-order valence-corrected chi connectivity index (χ4v) is 3.32. The van der Waals surface area contributed by atoms with E-state index in [-0.39, 0.29) is 11.8 Å². The molecule has 0 radical (unpaired) electrons. The third-order valence-corrected chi connectivity index (χ3v) is 4.82. The summed E-state index contributed by atoms with van der Waals surface area (Å²) in [7, 11) is 0. The summed E-state index contributed by atoms with van der Waals surface area (Å²) in [6, 6.07) is 6.03. The van der Waals surface area contributed by atoms with Gasteiger partial charge < -0.3 is 19.4 Å². The highest BCUT2D eigenvalue weighted by Crippen LogP contribution is 2.49. The van der Waals surface area contributed by atoms with Crippen LogP contribution in [-0.4, -0.2) is 35.2 Å². The summed E-state index contributed by atoms with van der Waals surface area (Å²) in [6.45, 7) is 2.86. The molecule has 6 nitrogen and oxygen atoms in total. The Hall–Kier alpha value is -2.50. The summed E-state index contributed by atoms with van der Waals surface area (Å²) in [5.41, 5.74) is 1.17. The second-order valence-electron chi connectivity index (χ2n) is 6.65. The number of hydrogen-bond donors (Lipinski definition) is 1. The molecule has 1 aliphatic carbocycles. The highest BCUT2D eigenvalue weighted by atomic mass is 16.6. The fraction of sp³-hybridized carbons (Fsp3) is 0.474. The predicted molar refractivity (Wildman–Crippen MR) is 92.8 cm³/mol. The van der Waals surface area contributed by atoms with E-state index in [1.54, 1.807) is 6.20 Å². The molecule has 1 fully saturated rings. The number of imidazole rings is 1.